The highest BCUT2D eigenvalue weighted by atomic mass is 16.5. The third kappa shape index (κ3) is 5.44. The van der Waals surface area contributed by atoms with Crippen LogP contribution in [-0.2, 0) is 4.79 Å². The van der Waals surface area contributed by atoms with E-state index in [1.807, 2.05) is 35.2 Å². The number of carbonyl (C=O) groups is 1. The Hall–Kier alpha value is -1.59. The van der Waals surface area contributed by atoms with Gasteiger partial charge in [0.1, 0.15) is 18.5 Å². The molecule has 25 heavy (non-hydrogen) atoms. The number of nitrogens with zero attached hydrogens (tertiary/aromatic N) is 2. The van der Waals surface area contributed by atoms with Gasteiger partial charge in [-0.15, -0.1) is 0 Å². The maximum absolute atomic E-state index is 12.6. The monoisotopic (exact) mass is 346 g/mol. The van der Waals surface area contributed by atoms with E-state index in [2.05, 4.69) is 4.90 Å². The molecule has 1 aromatic carbocycles. The molecule has 2 aliphatic rings. The first-order chi connectivity index (χ1) is 12.2. The molecule has 0 radical (unpaired) electrons. The number of amides is 1. The molecule has 138 valence electrons. The van der Waals surface area contributed by atoms with Gasteiger partial charge in [-0.1, -0.05) is 37.5 Å². The van der Waals surface area contributed by atoms with Crippen molar-refractivity contribution >= 4 is 5.91 Å². The fourth-order valence-corrected chi connectivity index (χ4v) is 3.82. The van der Waals surface area contributed by atoms with Crippen LogP contribution in [-0.4, -0.2) is 66.2 Å². The summed E-state index contributed by atoms with van der Waals surface area (Å²) in [6, 6.07) is 9.57. The van der Waals surface area contributed by atoms with Crippen LogP contribution in [0.25, 0.3) is 0 Å². The molecule has 1 aliphatic heterocycles. The molecule has 0 aromatic heterocycles. The Bertz CT molecular complexity index is 523. The van der Waals surface area contributed by atoms with Crippen molar-refractivity contribution in [3.63, 3.8) is 0 Å². The molecule has 1 aromatic rings. The first kappa shape index (κ1) is 18.2. The molecule has 5 nitrogen and oxygen atoms in total. The number of carbonyl (C=O) groups excluding carboxylic acids is 1. The lowest BCUT2D eigenvalue weighted by Gasteiger charge is -2.37. The predicted molar refractivity (Wildman–Crippen MR) is 97.5 cm³/mol. The zero-order valence-electron chi connectivity index (χ0n) is 15.0. The molecule has 1 saturated heterocycles. The summed E-state index contributed by atoms with van der Waals surface area (Å²) in [5.74, 6) is 1.39. The van der Waals surface area contributed by atoms with E-state index in [0.717, 1.165) is 44.8 Å². The summed E-state index contributed by atoms with van der Waals surface area (Å²) in [4.78, 5) is 16.8. The molecule has 3 rings (SSSR count). The van der Waals surface area contributed by atoms with E-state index in [9.17, 15) is 9.90 Å². The largest absolute Gasteiger partial charge is 0.491 e. The third-order valence-corrected chi connectivity index (χ3v) is 5.29. The third-order valence-electron chi connectivity index (χ3n) is 5.29. The lowest BCUT2D eigenvalue weighted by atomic mass is 9.88. The standard InChI is InChI=1S/C20H30N2O3/c23-18(16-25-19-9-5-2-6-10-19)15-21-11-13-22(14-12-21)20(24)17-7-3-1-4-8-17/h2,5-6,9-10,17-18,23H,1,3-4,7-8,11-16H2. The zero-order chi connectivity index (χ0) is 17.5. The van der Waals surface area contributed by atoms with Crippen LogP contribution >= 0.6 is 0 Å². The van der Waals surface area contributed by atoms with Gasteiger partial charge in [-0.2, -0.15) is 0 Å². The number of para-hydroxylation sites is 1. The number of β-amino-alcohol motifs (C(OH)–C–C–N with tert-alkyl or cyclic N) is 1. The van der Waals surface area contributed by atoms with Crippen molar-refractivity contribution in [3.8, 4) is 5.75 Å². The summed E-state index contributed by atoms with van der Waals surface area (Å²) in [6.07, 6.45) is 5.29. The fourth-order valence-electron chi connectivity index (χ4n) is 3.82. The zero-order valence-corrected chi connectivity index (χ0v) is 15.0. The smallest absolute Gasteiger partial charge is 0.225 e. The fraction of sp³-hybridized carbons (Fsp3) is 0.650. The minimum Gasteiger partial charge on any atom is -0.491 e. The Morgan fingerprint density at radius 2 is 1.76 bits per heavy atom. The van der Waals surface area contributed by atoms with Gasteiger partial charge in [0.05, 0.1) is 0 Å². The molecular weight excluding hydrogens is 316 g/mol. The molecule has 1 N–H and O–H groups in total. The van der Waals surface area contributed by atoms with Gasteiger partial charge < -0.3 is 14.7 Å². The normalized spacial score (nSPS) is 21.1. The van der Waals surface area contributed by atoms with Crippen molar-refractivity contribution in [2.24, 2.45) is 5.92 Å². The minimum absolute atomic E-state index is 0.255. The quantitative estimate of drug-likeness (QED) is 0.858. The number of aliphatic hydroxyl groups excluding tert-OH is 1. The van der Waals surface area contributed by atoms with Crippen LogP contribution in [0.5, 0.6) is 5.75 Å². The van der Waals surface area contributed by atoms with E-state index >= 15 is 0 Å². The van der Waals surface area contributed by atoms with Gasteiger partial charge in [0.2, 0.25) is 5.91 Å². The Morgan fingerprint density at radius 1 is 1.08 bits per heavy atom. The van der Waals surface area contributed by atoms with E-state index in [4.69, 9.17) is 4.74 Å². The van der Waals surface area contributed by atoms with Crippen LogP contribution in [0.4, 0.5) is 0 Å². The van der Waals surface area contributed by atoms with Gasteiger partial charge in [-0.25, -0.2) is 0 Å². The summed E-state index contributed by atoms with van der Waals surface area (Å²) < 4.78 is 5.61. The van der Waals surface area contributed by atoms with E-state index in [0.29, 0.717) is 19.1 Å². The maximum Gasteiger partial charge on any atom is 0.225 e. The second-order valence-corrected chi connectivity index (χ2v) is 7.24. The highest BCUT2D eigenvalue weighted by molar-refractivity contribution is 5.79. The maximum atomic E-state index is 12.6. The molecule has 2 fully saturated rings. The van der Waals surface area contributed by atoms with Gasteiger partial charge in [-0.05, 0) is 25.0 Å². The van der Waals surface area contributed by atoms with Gasteiger partial charge in [0, 0.05) is 38.6 Å². The molecule has 1 saturated carbocycles. The molecule has 1 unspecified atom stereocenters. The van der Waals surface area contributed by atoms with Crippen molar-refractivity contribution in [2.45, 2.75) is 38.2 Å². The van der Waals surface area contributed by atoms with Crippen molar-refractivity contribution in [1.29, 1.82) is 0 Å². The van der Waals surface area contributed by atoms with Crippen LogP contribution in [0.15, 0.2) is 30.3 Å². The molecule has 1 heterocycles. The average molecular weight is 346 g/mol. The first-order valence-corrected chi connectivity index (χ1v) is 9.59. The second kappa shape index (κ2) is 9.20. The minimum atomic E-state index is -0.513. The number of hydrogen-bond acceptors (Lipinski definition) is 4. The number of benzene rings is 1. The Kier molecular flexibility index (Phi) is 6.70. The summed E-state index contributed by atoms with van der Waals surface area (Å²) in [5.41, 5.74) is 0. The van der Waals surface area contributed by atoms with Gasteiger partial charge in [0.25, 0.3) is 0 Å². The van der Waals surface area contributed by atoms with Gasteiger partial charge in [-0.3, -0.25) is 9.69 Å². The Balaban J connectivity index is 1.36. The predicted octanol–water partition coefficient (Wildman–Crippen LogP) is 2.15. The van der Waals surface area contributed by atoms with Crippen LogP contribution in [0.2, 0.25) is 0 Å². The second-order valence-electron chi connectivity index (χ2n) is 7.24. The SMILES string of the molecule is O=C(C1CCCCC1)N1CCN(CC(O)COc2ccccc2)CC1. The molecule has 5 heteroatoms. The summed E-state index contributed by atoms with van der Waals surface area (Å²) in [7, 11) is 0. The van der Waals surface area contributed by atoms with E-state index in [1.165, 1.54) is 19.3 Å². The number of piperazine rings is 1. The van der Waals surface area contributed by atoms with Crippen molar-refractivity contribution in [1.82, 2.24) is 9.80 Å². The number of ether oxygens (including phenoxy) is 1. The van der Waals surface area contributed by atoms with Crippen molar-refractivity contribution in [2.75, 3.05) is 39.3 Å². The molecule has 0 spiro atoms. The van der Waals surface area contributed by atoms with E-state index in [1.54, 1.807) is 0 Å². The molecule has 0 bridgehead atoms. The number of rotatable bonds is 6. The van der Waals surface area contributed by atoms with E-state index in [-0.39, 0.29) is 5.92 Å². The topological polar surface area (TPSA) is 53.0 Å². The van der Waals surface area contributed by atoms with Crippen LogP contribution in [0.3, 0.4) is 0 Å². The summed E-state index contributed by atoms with van der Waals surface area (Å²) >= 11 is 0. The summed E-state index contributed by atoms with van der Waals surface area (Å²) in [6.45, 7) is 4.12. The van der Waals surface area contributed by atoms with Gasteiger partial charge >= 0.3 is 0 Å². The Labute approximate surface area is 150 Å². The van der Waals surface area contributed by atoms with Crippen LogP contribution < -0.4 is 4.74 Å². The highest BCUT2D eigenvalue weighted by Crippen LogP contribution is 2.25. The molecule has 1 atom stereocenters. The van der Waals surface area contributed by atoms with Crippen LogP contribution in [0, 0.1) is 5.92 Å². The lowest BCUT2D eigenvalue weighted by Crippen LogP contribution is -2.52. The van der Waals surface area contributed by atoms with Crippen molar-refractivity contribution in [3.05, 3.63) is 30.3 Å². The average Bonchev–Trinajstić information content (AvgIpc) is 2.68. The molecular formula is C20H30N2O3. The Morgan fingerprint density at radius 3 is 2.44 bits per heavy atom. The van der Waals surface area contributed by atoms with E-state index < -0.39 is 6.10 Å². The highest BCUT2D eigenvalue weighted by Gasteiger charge is 2.28. The summed E-state index contributed by atoms with van der Waals surface area (Å²) in [5, 5.41) is 10.2. The van der Waals surface area contributed by atoms with Crippen molar-refractivity contribution < 1.29 is 14.6 Å². The molecule has 1 amide bonds. The first-order valence-electron chi connectivity index (χ1n) is 9.59. The molecule has 1 aliphatic carbocycles. The van der Waals surface area contributed by atoms with Gasteiger partial charge in [0.15, 0.2) is 0 Å². The lowest BCUT2D eigenvalue weighted by molar-refractivity contribution is -0.138. The van der Waals surface area contributed by atoms with Crippen LogP contribution in [0.1, 0.15) is 32.1 Å². The number of hydrogen-bond donors (Lipinski definition) is 1. The number of aliphatic hydroxyl groups is 1.